The largest absolute Gasteiger partial charge is 0.390 e. The number of aliphatic imine (C=N–C) groups is 1. The normalized spacial score (nSPS) is 17.6. The van der Waals surface area contributed by atoms with Crippen molar-refractivity contribution < 1.29 is 13.9 Å². The fraction of sp³-hybridized carbons (Fsp3) is 0.312. The lowest BCUT2D eigenvalue weighted by Gasteiger charge is -2.31. The van der Waals surface area contributed by atoms with Gasteiger partial charge in [0.2, 0.25) is 0 Å². The van der Waals surface area contributed by atoms with E-state index in [-0.39, 0.29) is 11.5 Å². The van der Waals surface area contributed by atoms with Crippen molar-refractivity contribution in [3.63, 3.8) is 0 Å². The Morgan fingerprint density at radius 3 is 2.61 bits per heavy atom. The number of hydrogen-bond donors (Lipinski definition) is 3. The quantitative estimate of drug-likeness (QED) is 0.207. The van der Waals surface area contributed by atoms with E-state index in [1.54, 1.807) is 17.2 Å². The molecule has 1 saturated carbocycles. The molecule has 1 saturated heterocycles. The Labute approximate surface area is 239 Å². The third-order valence-electron chi connectivity index (χ3n) is 8.06. The van der Waals surface area contributed by atoms with Gasteiger partial charge in [-0.05, 0) is 85.2 Å². The van der Waals surface area contributed by atoms with Gasteiger partial charge in [0.05, 0.1) is 36.5 Å². The molecule has 1 aliphatic carbocycles. The summed E-state index contributed by atoms with van der Waals surface area (Å²) in [4.78, 5) is 21.9. The van der Waals surface area contributed by atoms with Crippen molar-refractivity contribution in [2.24, 2.45) is 10.7 Å². The molecule has 9 heteroatoms. The van der Waals surface area contributed by atoms with Crippen LogP contribution in [0.1, 0.15) is 51.4 Å². The molecule has 4 N–H and O–H groups in total. The fourth-order valence-corrected chi connectivity index (χ4v) is 5.70. The average Bonchev–Trinajstić information content (AvgIpc) is 3.84. The number of benzene rings is 3. The third-order valence-corrected chi connectivity index (χ3v) is 8.06. The zero-order valence-corrected chi connectivity index (χ0v) is 23.2. The summed E-state index contributed by atoms with van der Waals surface area (Å²) < 4.78 is 20.6. The van der Waals surface area contributed by atoms with Crippen LogP contribution in [0.4, 0.5) is 21.5 Å². The highest BCUT2D eigenvalue weighted by molar-refractivity contribution is 6.09. The van der Waals surface area contributed by atoms with Gasteiger partial charge in [-0.25, -0.2) is 9.38 Å². The molecule has 8 nitrogen and oxygen atoms in total. The summed E-state index contributed by atoms with van der Waals surface area (Å²) in [6.45, 7) is 5.70. The average molecular weight is 555 g/mol. The summed E-state index contributed by atoms with van der Waals surface area (Å²) >= 11 is 0. The van der Waals surface area contributed by atoms with Crippen LogP contribution in [0.3, 0.4) is 0 Å². The molecule has 3 aliphatic rings. The number of nitrogens with zero attached hydrogens (tertiary/aromatic N) is 3. The molecule has 6 rings (SSSR count). The highest BCUT2D eigenvalue weighted by Gasteiger charge is 2.32. The molecule has 0 atom stereocenters. The Morgan fingerprint density at radius 2 is 1.88 bits per heavy atom. The molecule has 2 aliphatic heterocycles. The van der Waals surface area contributed by atoms with E-state index in [1.807, 2.05) is 43.3 Å². The van der Waals surface area contributed by atoms with Gasteiger partial charge in [-0.1, -0.05) is 18.2 Å². The van der Waals surface area contributed by atoms with E-state index in [1.165, 1.54) is 6.34 Å². The van der Waals surface area contributed by atoms with E-state index in [4.69, 9.17) is 10.5 Å². The first-order chi connectivity index (χ1) is 20.0. The fourth-order valence-electron chi connectivity index (χ4n) is 5.70. The van der Waals surface area contributed by atoms with Gasteiger partial charge < -0.3 is 31.1 Å². The van der Waals surface area contributed by atoms with Crippen molar-refractivity contribution in [2.45, 2.75) is 32.1 Å². The van der Waals surface area contributed by atoms with Crippen LogP contribution in [0.15, 0.2) is 65.8 Å². The minimum atomic E-state index is -0.422. The molecule has 0 radical (unpaired) electrons. The zero-order chi connectivity index (χ0) is 28.3. The Hall–Kier alpha value is -4.37. The number of amides is 1. The van der Waals surface area contributed by atoms with Crippen molar-refractivity contribution in [3.8, 4) is 0 Å². The maximum atomic E-state index is 15.2. The molecule has 2 fully saturated rings. The Kier molecular flexibility index (Phi) is 7.61. The summed E-state index contributed by atoms with van der Waals surface area (Å²) in [6, 6.07) is 17.5. The molecule has 0 aromatic heterocycles. The molecule has 1 amide bonds. The number of nitrogens with two attached hydrogens (primary N) is 1. The van der Waals surface area contributed by atoms with Crippen molar-refractivity contribution >= 4 is 35.0 Å². The molecule has 212 valence electrons. The SMILES string of the molecule is Cc1c(/C(=C/NNc2ccc(N3CCOCC3)cc2)N=CN)cccc1N1CCc2cc(C3CC3)cc(F)c2C1=O. The van der Waals surface area contributed by atoms with Crippen molar-refractivity contribution in [1.82, 2.24) is 5.43 Å². The molecule has 3 aromatic carbocycles. The number of carbonyl (C=O) groups is 1. The second kappa shape index (κ2) is 11.6. The smallest absolute Gasteiger partial charge is 0.261 e. The molecule has 3 aromatic rings. The van der Waals surface area contributed by atoms with E-state index >= 15 is 4.39 Å². The highest BCUT2D eigenvalue weighted by atomic mass is 19.1. The number of nitrogens with one attached hydrogen (secondary N) is 2. The van der Waals surface area contributed by atoms with Crippen LogP contribution in [0, 0.1) is 12.7 Å². The Bertz CT molecular complexity index is 1490. The highest BCUT2D eigenvalue weighted by Crippen LogP contribution is 2.42. The van der Waals surface area contributed by atoms with Gasteiger partial charge in [0.15, 0.2) is 0 Å². The van der Waals surface area contributed by atoms with Gasteiger partial charge in [0.1, 0.15) is 5.82 Å². The summed E-state index contributed by atoms with van der Waals surface area (Å²) in [5, 5.41) is 0. The topological polar surface area (TPSA) is 95.2 Å². The van der Waals surface area contributed by atoms with E-state index in [0.29, 0.717) is 24.6 Å². The number of ether oxygens (including phenoxy) is 1. The molecule has 2 heterocycles. The maximum Gasteiger partial charge on any atom is 0.261 e. The minimum Gasteiger partial charge on any atom is -0.390 e. The first-order valence-corrected chi connectivity index (χ1v) is 14.2. The van der Waals surface area contributed by atoms with Crippen LogP contribution < -0.4 is 26.4 Å². The van der Waals surface area contributed by atoms with Gasteiger partial charge in [-0.3, -0.25) is 4.79 Å². The standard InChI is InChI=1S/C32H35FN6O2/c1-21-27(29(35-20-34)19-36-37-25-7-9-26(10-8-25)38-13-15-41-16-14-38)3-2-4-30(21)39-12-11-23-17-24(22-5-6-22)18-28(33)31(23)32(39)40/h2-4,7-10,17-20,22,36-37H,5-6,11-16H2,1H3,(H2,34,35)/b29-19-. The van der Waals surface area contributed by atoms with Crippen molar-refractivity contribution in [2.75, 3.05) is 48.1 Å². The number of hydrogen-bond acceptors (Lipinski definition) is 6. The summed E-state index contributed by atoms with van der Waals surface area (Å²) in [7, 11) is 0. The molecule has 0 spiro atoms. The monoisotopic (exact) mass is 554 g/mol. The molecule has 0 unspecified atom stereocenters. The first kappa shape index (κ1) is 26.8. The number of halogens is 1. The number of anilines is 3. The van der Waals surface area contributed by atoms with Crippen LogP contribution in [0.5, 0.6) is 0 Å². The van der Waals surface area contributed by atoms with Crippen LogP contribution in [-0.4, -0.2) is 45.1 Å². The van der Waals surface area contributed by atoms with Gasteiger partial charge in [0.25, 0.3) is 5.91 Å². The Morgan fingerprint density at radius 1 is 1.10 bits per heavy atom. The lowest BCUT2D eigenvalue weighted by atomic mass is 9.93. The molecular formula is C32H35FN6O2. The van der Waals surface area contributed by atoms with E-state index in [0.717, 1.165) is 78.5 Å². The predicted molar refractivity (Wildman–Crippen MR) is 162 cm³/mol. The zero-order valence-electron chi connectivity index (χ0n) is 23.2. The van der Waals surface area contributed by atoms with E-state index in [2.05, 4.69) is 32.9 Å². The minimum absolute atomic E-state index is 0.187. The molecular weight excluding hydrogens is 519 g/mol. The van der Waals surface area contributed by atoms with Crippen LogP contribution in [0.25, 0.3) is 5.70 Å². The second-order valence-corrected chi connectivity index (χ2v) is 10.7. The predicted octanol–water partition coefficient (Wildman–Crippen LogP) is 4.95. The number of rotatable bonds is 8. The van der Waals surface area contributed by atoms with Crippen LogP contribution in [-0.2, 0) is 11.2 Å². The maximum absolute atomic E-state index is 15.2. The summed E-state index contributed by atoms with van der Waals surface area (Å²) in [5.41, 5.74) is 19.0. The number of morpholine rings is 1. The Balaban J connectivity index is 1.19. The van der Waals surface area contributed by atoms with Gasteiger partial charge in [-0.15, -0.1) is 0 Å². The van der Waals surface area contributed by atoms with Crippen LogP contribution >= 0.6 is 0 Å². The van der Waals surface area contributed by atoms with Crippen molar-refractivity contribution in [3.05, 3.63) is 94.4 Å². The summed E-state index contributed by atoms with van der Waals surface area (Å²) in [6.07, 6.45) is 5.78. The number of fused-ring (bicyclic) bond motifs is 1. The van der Waals surface area contributed by atoms with Crippen LogP contribution in [0.2, 0.25) is 0 Å². The summed E-state index contributed by atoms with van der Waals surface area (Å²) in [5.74, 6) is -0.290. The third kappa shape index (κ3) is 5.63. The lowest BCUT2D eigenvalue weighted by molar-refractivity contribution is 0.0976. The van der Waals surface area contributed by atoms with Gasteiger partial charge in [0, 0.05) is 42.8 Å². The van der Waals surface area contributed by atoms with E-state index < -0.39 is 5.82 Å². The number of hydrazine groups is 1. The van der Waals surface area contributed by atoms with E-state index in [9.17, 15) is 4.79 Å². The number of carbonyl (C=O) groups excluding carboxylic acids is 1. The molecule has 0 bridgehead atoms. The second-order valence-electron chi connectivity index (χ2n) is 10.7. The van der Waals surface area contributed by atoms with Gasteiger partial charge >= 0.3 is 0 Å². The first-order valence-electron chi connectivity index (χ1n) is 14.2. The van der Waals surface area contributed by atoms with Gasteiger partial charge in [-0.2, -0.15) is 0 Å². The lowest BCUT2D eigenvalue weighted by Crippen LogP contribution is -2.39. The molecule has 41 heavy (non-hydrogen) atoms. The van der Waals surface area contributed by atoms with Crippen molar-refractivity contribution in [1.29, 1.82) is 0 Å².